The van der Waals surface area contributed by atoms with Gasteiger partial charge < -0.3 is 9.15 Å². The quantitative estimate of drug-likeness (QED) is 0.762. The van der Waals surface area contributed by atoms with E-state index in [1.165, 1.54) is 11.1 Å². The van der Waals surface area contributed by atoms with Gasteiger partial charge in [0.1, 0.15) is 11.5 Å². The fourth-order valence-electron chi connectivity index (χ4n) is 1.61. The van der Waals surface area contributed by atoms with Crippen molar-refractivity contribution >= 4 is 0 Å². The zero-order chi connectivity index (χ0) is 10.7. The number of furan rings is 1. The summed E-state index contributed by atoms with van der Waals surface area (Å²) in [5, 5.41) is 0. The molecule has 0 saturated heterocycles. The highest BCUT2D eigenvalue weighted by molar-refractivity contribution is 5.32. The van der Waals surface area contributed by atoms with Crippen LogP contribution < -0.4 is 4.74 Å². The van der Waals surface area contributed by atoms with Crippen LogP contribution >= 0.6 is 0 Å². The fraction of sp³-hybridized carbons (Fsp3) is 0.231. The minimum atomic E-state index is 0.883. The Morgan fingerprint density at radius 3 is 2.73 bits per heavy atom. The van der Waals surface area contributed by atoms with Crippen molar-refractivity contribution in [3.05, 3.63) is 53.5 Å². The lowest BCUT2D eigenvalue weighted by atomic mass is 10.1. The molecule has 1 heterocycles. The highest BCUT2D eigenvalue weighted by Gasteiger charge is 2.00. The number of hydrogen-bond donors (Lipinski definition) is 0. The van der Waals surface area contributed by atoms with Gasteiger partial charge in [0.2, 0.25) is 0 Å². The summed E-state index contributed by atoms with van der Waals surface area (Å²) in [5.74, 6) is 1.85. The molecule has 1 aromatic heterocycles. The van der Waals surface area contributed by atoms with Crippen LogP contribution in [0.2, 0.25) is 0 Å². The van der Waals surface area contributed by atoms with E-state index in [-0.39, 0.29) is 0 Å². The first-order chi connectivity index (χ1) is 7.28. The monoisotopic (exact) mass is 202 g/mol. The van der Waals surface area contributed by atoms with Gasteiger partial charge in [-0.25, -0.2) is 0 Å². The Kier molecular flexibility index (Phi) is 2.77. The largest absolute Gasteiger partial charge is 0.497 e. The molecule has 2 aromatic rings. The van der Waals surface area contributed by atoms with E-state index < -0.39 is 0 Å². The highest BCUT2D eigenvalue weighted by atomic mass is 16.5. The lowest BCUT2D eigenvalue weighted by molar-refractivity contribution is 0.414. The summed E-state index contributed by atoms with van der Waals surface area (Å²) in [6, 6.07) is 10.1. The lowest BCUT2D eigenvalue weighted by Crippen LogP contribution is -1.88. The van der Waals surface area contributed by atoms with Crippen LogP contribution in [0.4, 0.5) is 0 Å². The van der Waals surface area contributed by atoms with Crippen molar-refractivity contribution in [1.29, 1.82) is 0 Å². The third-order valence-electron chi connectivity index (χ3n) is 2.33. The number of rotatable bonds is 3. The smallest absolute Gasteiger partial charge is 0.119 e. The van der Waals surface area contributed by atoms with Gasteiger partial charge in [-0.1, -0.05) is 12.1 Å². The summed E-state index contributed by atoms with van der Waals surface area (Å²) in [4.78, 5) is 0. The molecule has 1 aromatic carbocycles. The summed E-state index contributed by atoms with van der Waals surface area (Å²) >= 11 is 0. The molecule has 0 aliphatic carbocycles. The molecule has 0 aliphatic heterocycles. The molecule has 0 spiro atoms. The van der Waals surface area contributed by atoms with E-state index >= 15 is 0 Å². The van der Waals surface area contributed by atoms with Gasteiger partial charge in [-0.15, -0.1) is 0 Å². The predicted octanol–water partition coefficient (Wildman–Crippen LogP) is 3.19. The topological polar surface area (TPSA) is 22.4 Å². The van der Waals surface area contributed by atoms with Gasteiger partial charge in [-0.2, -0.15) is 0 Å². The second kappa shape index (κ2) is 4.22. The van der Waals surface area contributed by atoms with E-state index in [1.54, 1.807) is 13.4 Å². The Hall–Kier alpha value is -1.70. The molecule has 78 valence electrons. The van der Waals surface area contributed by atoms with Crippen LogP contribution in [-0.4, -0.2) is 7.11 Å². The van der Waals surface area contributed by atoms with E-state index in [4.69, 9.17) is 9.15 Å². The zero-order valence-corrected chi connectivity index (χ0v) is 8.99. The van der Waals surface area contributed by atoms with Gasteiger partial charge in [0.05, 0.1) is 13.4 Å². The third-order valence-corrected chi connectivity index (χ3v) is 2.33. The molecule has 0 unspecified atom stereocenters. The maximum absolute atomic E-state index is 5.26. The fourth-order valence-corrected chi connectivity index (χ4v) is 1.61. The Labute approximate surface area is 89.5 Å². The average Bonchev–Trinajstić information content (AvgIpc) is 2.64. The van der Waals surface area contributed by atoms with E-state index in [0.29, 0.717) is 0 Å². The molecule has 0 bridgehead atoms. The lowest BCUT2D eigenvalue weighted by Gasteiger charge is -2.02. The van der Waals surface area contributed by atoms with Crippen molar-refractivity contribution in [2.24, 2.45) is 0 Å². The van der Waals surface area contributed by atoms with Crippen molar-refractivity contribution in [2.45, 2.75) is 13.3 Å². The van der Waals surface area contributed by atoms with Gasteiger partial charge in [0, 0.05) is 6.42 Å². The molecular weight excluding hydrogens is 188 g/mol. The molecule has 2 nitrogen and oxygen atoms in total. The van der Waals surface area contributed by atoms with Crippen LogP contribution in [0.1, 0.15) is 16.9 Å². The summed E-state index contributed by atoms with van der Waals surface area (Å²) in [6.45, 7) is 1.95. The van der Waals surface area contributed by atoms with Crippen LogP contribution in [0.25, 0.3) is 0 Å². The summed E-state index contributed by atoms with van der Waals surface area (Å²) in [7, 11) is 1.68. The molecular formula is C13H14O2. The Morgan fingerprint density at radius 1 is 1.20 bits per heavy atom. The summed E-state index contributed by atoms with van der Waals surface area (Å²) < 4.78 is 10.4. The van der Waals surface area contributed by atoms with E-state index in [2.05, 4.69) is 12.1 Å². The molecule has 2 rings (SSSR count). The van der Waals surface area contributed by atoms with E-state index in [1.807, 2.05) is 25.1 Å². The maximum atomic E-state index is 5.26. The second-order valence-corrected chi connectivity index (χ2v) is 3.59. The molecule has 0 saturated carbocycles. The van der Waals surface area contributed by atoms with Crippen molar-refractivity contribution in [2.75, 3.05) is 7.11 Å². The van der Waals surface area contributed by atoms with Crippen LogP contribution in [0, 0.1) is 6.92 Å². The number of hydrogen-bond acceptors (Lipinski definition) is 2. The molecule has 0 N–H and O–H groups in total. The second-order valence-electron chi connectivity index (χ2n) is 3.59. The van der Waals surface area contributed by atoms with Gasteiger partial charge in [-0.3, -0.25) is 0 Å². The normalized spacial score (nSPS) is 10.3. The number of aryl methyl sites for hydroxylation is 1. The first-order valence-electron chi connectivity index (χ1n) is 4.95. The van der Waals surface area contributed by atoms with Crippen molar-refractivity contribution < 1.29 is 9.15 Å². The van der Waals surface area contributed by atoms with Crippen LogP contribution in [-0.2, 0) is 6.42 Å². The van der Waals surface area contributed by atoms with Crippen molar-refractivity contribution in [3.63, 3.8) is 0 Å². The molecule has 0 radical (unpaired) electrons. The predicted molar refractivity (Wildman–Crippen MR) is 59.2 cm³/mol. The Bertz CT molecular complexity index is 443. The van der Waals surface area contributed by atoms with Gasteiger partial charge >= 0.3 is 0 Å². The number of methoxy groups -OCH3 is 1. The summed E-state index contributed by atoms with van der Waals surface area (Å²) in [6.07, 6.45) is 2.68. The van der Waals surface area contributed by atoms with Crippen molar-refractivity contribution in [1.82, 2.24) is 0 Å². The molecule has 2 heteroatoms. The first kappa shape index (κ1) is 9.84. The first-order valence-corrected chi connectivity index (χ1v) is 4.95. The molecule has 0 fully saturated rings. The summed E-state index contributed by atoms with van der Waals surface area (Å²) in [5.41, 5.74) is 2.43. The Morgan fingerprint density at radius 2 is 2.07 bits per heavy atom. The standard InChI is InChI=1S/C13H14O2/c1-10-6-12(9-15-10)7-11-4-3-5-13(8-11)14-2/h3-6,8-9H,7H2,1-2H3. The SMILES string of the molecule is COc1cccc(Cc2coc(C)c2)c1. The molecule has 0 atom stereocenters. The number of benzene rings is 1. The molecule has 0 amide bonds. The van der Waals surface area contributed by atoms with Gasteiger partial charge in [-0.05, 0) is 36.2 Å². The number of ether oxygens (including phenoxy) is 1. The van der Waals surface area contributed by atoms with Gasteiger partial charge in [0.15, 0.2) is 0 Å². The molecule has 15 heavy (non-hydrogen) atoms. The van der Waals surface area contributed by atoms with Crippen molar-refractivity contribution in [3.8, 4) is 5.75 Å². The Balaban J connectivity index is 2.16. The highest BCUT2D eigenvalue weighted by Crippen LogP contribution is 2.17. The molecule has 0 aliphatic rings. The van der Waals surface area contributed by atoms with E-state index in [9.17, 15) is 0 Å². The van der Waals surface area contributed by atoms with Gasteiger partial charge in [0.25, 0.3) is 0 Å². The van der Waals surface area contributed by atoms with Crippen LogP contribution in [0.5, 0.6) is 5.75 Å². The third kappa shape index (κ3) is 2.40. The van der Waals surface area contributed by atoms with E-state index in [0.717, 1.165) is 17.9 Å². The van der Waals surface area contributed by atoms with Crippen LogP contribution in [0.15, 0.2) is 41.0 Å². The minimum Gasteiger partial charge on any atom is -0.497 e. The average molecular weight is 202 g/mol. The minimum absolute atomic E-state index is 0.883. The van der Waals surface area contributed by atoms with Crippen LogP contribution in [0.3, 0.4) is 0 Å². The maximum Gasteiger partial charge on any atom is 0.119 e. The zero-order valence-electron chi connectivity index (χ0n) is 8.99.